The molecule has 2 aromatic carbocycles. The van der Waals surface area contributed by atoms with Crippen molar-refractivity contribution < 1.29 is 4.74 Å². The monoisotopic (exact) mass is 420 g/mol. The number of ether oxygens (including phenoxy) is 1. The van der Waals surface area contributed by atoms with Crippen LogP contribution in [0.3, 0.4) is 0 Å². The summed E-state index contributed by atoms with van der Waals surface area (Å²) in [6.45, 7) is 4.94. The van der Waals surface area contributed by atoms with Crippen LogP contribution in [0.25, 0.3) is 28.0 Å². The zero-order valence-electron chi connectivity index (χ0n) is 18.1. The van der Waals surface area contributed by atoms with Crippen molar-refractivity contribution in [1.82, 2.24) is 19.6 Å². The third-order valence-electron chi connectivity index (χ3n) is 5.54. The van der Waals surface area contributed by atoms with E-state index in [4.69, 9.17) is 9.84 Å². The fourth-order valence-electron chi connectivity index (χ4n) is 3.75. The lowest BCUT2D eigenvalue weighted by atomic mass is 10.0. The molecular formula is C27H24N4O. The van der Waals surface area contributed by atoms with E-state index in [0.29, 0.717) is 12.5 Å². The largest absolute Gasteiger partial charge is 0.489 e. The lowest BCUT2D eigenvalue weighted by Crippen LogP contribution is -1.96. The smallest absolute Gasteiger partial charge is 0.163 e. The van der Waals surface area contributed by atoms with Gasteiger partial charge in [0.15, 0.2) is 5.65 Å². The van der Waals surface area contributed by atoms with E-state index in [-0.39, 0.29) is 0 Å². The van der Waals surface area contributed by atoms with Gasteiger partial charge in [-0.15, -0.1) is 0 Å². The van der Waals surface area contributed by atoms with Crippen molar-refractivity contribution in [1.29, 1.82) is 0 Å². The first-order valence-corrected chi connectivity index (χ1v) is 10.7. The van der Waals surface area contributed by atoms with Crippen LogP contribution in [0.1, 0.15) is 30.9 Å². The van der Waals surface area contributed by atoms with Crippen molar-refractivity contribution in [3.05, 3.63) is 103 Å². The number of nitrogens with zero attached hydrogens (tertiary/aromatic N) is 4. The van der Waals surface area contributed by atoms with Gasteiger partial charge in [0.25, 0.3) is 0 Å². The van der Waals surface area contributed by atoms with Gasteiger partial charge in [0, 0.05) is 30.4 Å². The summed E-state index contributed by atoms with van der Waals surface area (Å²) in [6.07, 6.45) is 7.26. The Hall–Kier alpha value is -3.99. The van der Waals surface area contributed by atoms with E-state index in [1.807, 2.05) is 41.0 Å². The standard InChI is InChI=1S/C27H24N4O/c1-19(2)21-6-4-20(5-7-21)18-32-24-10-8-22(9-11-24)25-26(23-12-15-28-16-13-23)30-31-17-3-14-29-27(25)31/h3-17,19H,18H2,1-2H3. The molecule has 0 aliphatic carbocycles. The Morgan fingerprint density at radius 2 is 1.59 bits per heavy atom. The number of pyridine rings is 1. The first-order valence-electron chi connectivity index (χ1n) is 10.7. The second kappa shape index (κ2) is 8.63. The van der Waals surface area contributed by atoms with Crippen LogP contribution in [0.4, 0.5) is 0 Å². The summed E-state index contributed by atoms with van der Waals surface area (Å²) in [5.74, 6) is 1.36. The summed E-state index contributed by atoms with van der Waals surface area (Å²) in [5.41, 5.74) is 7.23. The Balaban J connectivity index is 1.41. The average molecular weight is 421 g/mol. The second-order valence-corrected chi connectivity index (χ2v) is 8.06. The van der Waals surface area contributed by atoms with Crippen LogP contribution in [0.15, 0.2) is 91.5 Å². The van der Waals surface area contributed by atoms with Crippen molar-refractivity contribution in [3.63, 3.8) is 0 Å². The third-order valence-corrected chi connectivity index (χ3v) is 5.54. The van der Waals surface area contributed by atoms with Crippen molar-refractivity contribution in [2.45, 2.75) is 26.4 Å². The minimum Gasteiger partial charge on any atom is -0.489 e. The molecule has 0 saturated heterocycles. The van der Waals surface area contributed by atoms with E-state index in [9.17, 15) is 0 Å². The fourth-order valence-corrected chi connectivity index (χ4v) is 3.75. The van der Waals surface area contributed by atoms with Gasteiger partial charge in [0.2, 0.25) is 0 Å². The Morgan fingerprint density at radius 3 is 2.31 bits per heavy atom. The summed E-state index contributed by atoms with van der Waals surface area (Å²) in [4.78, 5) is 8.71. The van der Waals surface area contributed by atoms with E-state index >= 15 is 0 Å². The zero-order chi connectivity index (χ0) is 21.9. The van der Waals surface area contributed by atoms with Gasteiger partial charge in [-0.25, -0.2) is 9.50 Å². The average Bonchev–Trinajstić information content (AvgIpc) is 3.23. The summed E-state index contributed by atoms with van der Waals surface area (Å²) < 4.78 is 7.84. The Labute approximate surface area is 187 Å². The molecular weight excluding hydrogens is 396 g/mol. The number of rotatable bonds is 6. The molecule has 0 atom stereocenters. The molecule has 0 radical (unpaired) electrons. The number of hydrogen-bond acceptors (Lipinski definition) is 4. The van der Waals surface area contributed by atoms with E-state index in [1.54, 1.807) is 18.6 Å². The number of aromatic nitrogens is 4. The van der Waals surface area contributed by atoms with Crippen LogP contribution >= 0.6 is 0 Å². The molecule has 0 bridgehead atoms. The van der Waals surface area contributed by atoms with Gasteiger partial charge in [-0.3, -0.25) is 4.98 Å². The SMILES string of the molecule is CC(C)c1ccc(COc2ccc(-c3c(-c4ccncc4)nn4cccnc34)cc2)cc1. The predicted molar refractivity (Wildman–Crippen MR) is 127 cm³/mol. The van der Waals surface area contributed by atoms with Crippen molar-refractivity contribution in [2.24, 2.45) is 0 Å². The van der Waals surface area contributed by atoms with Crippen LogP contribution < -0.4 is 4.74 Å². The summed E-state index contributed by atoms with van der Waals surface area (Å²) in [7, 11) is 0. The summed E-state index contributed by atoms with van der Waals surface area (Å²) in [6, 6.07) is 22.6. The topological polar surface area (TPSA) is 52.3 Å². The van der Waals surface area contributed by atoms with Gasteiger partial charge < -0.3 is 4.74 Å². The lowest BCUT2D eigenvalue weighted by molar-refractivity contribution is 0.306. The highest BCUT2D eigenvalue weighted by Crippen LogP contribution is 2.34. The molecule has 0 aliphatic rings. The molecule has 0 saturated carbocycles. The first kappa shape index (κ1) is 19.9. The summed E-state index contributed by atoms with van der Waals surface area (Å²) in [5, 5.41) is 4.77. The molecule has 0 unspecified atom stereocenters. The highest BCUT2D eigenvalue weighted by Gasteiger charge is 2.17. The molecule has 3 heterocycles. The maximum absolute atomic E-state index is 6.02. The normalized spacial score (nSPS) is 11.2. The zero-order valence-corrected chi connectivity index (χ0v) is 18.1. The van der Waals surface area contributed by atoms with Gasteiger partial charge in [-0.2, -0.15) is 5.10 Å². The molecule has 5 aromatic rings. The van der Waals surface area contributed by atoms with Crippen LogP contribution in [0.2, 0.25) is 0 Å². The molecule has 0 N–H and O–H groups in total. The summed E-state index contributed by atoms with van der Waals surface area (Å²) >= 11 is 0. The van der Waals surface area contributed by atoms with Gasteiger partial charge in [-0.1, -0.05) is 50.2 Å². The molecule has 0 spiro atoms. The van der Waals surface area contributed by atoms with E-state index in [2.05, 4.69) is 60.2 Å². The number of benzene rings is 2. The molecule has 32 heavy (non-hydrogen) atoms. The quantitative estimate of drug-likeness (QED) is 0.330. The van der Waals surface area contributed by atoms with Gasteiger partial charge >= 0.3 is 0 Å². The molecule has 5 rings (SSSR count). The highest BCUT2D eigenvalue weighted by molar-refractivity contribution is 5.90. The highest BCUT2D eigenvalue weighted by atomic mass is 16.5. The van der Waals surface area contributed by atoms with Crippen molar-refractivity contribution >= 4 is 5.65 Å². The van der Waals surface area contributed by atoms with Crippen LogP contribution in [0.5, 0.6) is 5.75 Å². The lowest BCUT2D eigenvalue weighted by Gasteiger charge is -2.10. The number of fused-ring (bicyclic) bond motifs is 1. The van der Waals surface area contributed by atoms with E-state index in [0.717, 1.165) is 39.3 Å². The number of hydrogen-bond donors (Lipinski definition) is 0. The Bertz CT molecular complexity index is 1320. The van der Waals surface area contributed by atoms with E-state index < -0.39 is 0 Å². The van der Waals surface area contributed by atoms with Gasteiger partial charge in [0.1, 0.15) is 18.1 Å². The third kappa shape index (κ3) is 3.97. The molecule has 5 nitrogen and oxygen atoms in total. The molecule has 158 valence electrons. The van der Waals surface area contributed by atoms with Crippen LogP contribution in [0, 0.1) is 0 Å². The van der Waals surface area contributed by atoms with Gasteiger partial charge in [-0.05, 0) is 52.9 Å². The maximum atomic E-state index is 6.02. The first-order chi connectivity index (χ1) is 15.7. The van der Waals surface area contributed by atoms with Crippen LogP contribution in [-0.4, -0.2) is 19.6 Å². The van der Waals surface area contributed by atoms with Crippen LogP contribution in [-0.2, 0) is 6.61 Å². The molecule has 0 aliphatic heterocycles. The van der Waals surface area contributed by atoms with Crippen molar-refractivity contribution in [2.75, 3.05) is 0 Å². The minimum absolute atomic E-state index is 0.531. The molecule has 3 aromatic heterocycles. The van der Waals surface area contributed by atoms with E-state index in [1.165, 1.54) is 5.56 Å². The van der Waals surface area contributed by atoms with Crippen molar-refractivity contribution in [3.8, 4) is 28.1 Å². The molecule has 0 amide bonds. The molecule has 0 fully saturated rings. The fraction of sp³-hybridized carbons (Fsp3) is 0.148. The van der Waals surface area contributed by atoms with Gasteiger partial charge in [0.05, 0.1) is 5.56 Å². The molecule has 5 heteroatoms. The maximum Gasteiger partial charge on any atom is 0.163 e. The Morgan fingerprint density at radius 1 is 0.844 bits per heavy atom. The second-order valence-electron chi connectivity index (χ2n) is 8.06. The Kier molecular flexibility index (Phi) is 5.38. The predicted octanol–water partition coefficient (Wildman–Crippen LogP) is 6.16. The minimum atomic E-state index is 0.531.